The van der Waals surface area contributed by atoms with Crippen molar-refractivity contribution in [1.29, 1.82) is 0 Å². The molecular formula is C114H70N10. The first-order valence-corrected chi connectivity index (χ1v) is 42.1. The van der Waals surface area contributed by atoms with Crippen molar-refractivity contribution in [1.82, 2.24) is 48.2 Å². The monoisotopic (exact) mass is 1580 g/mol. The molecule has 0 saturated heterocycles. The summed E-state index contributed by atoms with van der Waals surface area (Å²) in [5.41, 5.74) is 19.6. The number of rotatable bonds is 10. The van der Waals surface area contributed by atoms with Gasteiger partial charge in [-0.05, 0) is 158 Å². The second kappa shape index (κ2) is 28.5. The standard InChI is InChI=1S/2C57H35N5/c1-3-16-36(17-4-1)55-58-56(37-18-5-2-6-19-37)60-57(59-55)45-27-14-26-42-41(45)25-15-31-51(42)61-50-29-12-10-24-44(50)48-35-46-40(34-54(48)61)22-13-30-52(46)62-49-28-11-9-23-43(49)47-32-38-20-7-8-21-39(38)33-53(47)62;1-3-15-36(16-4-1)55-58-56(37-17-5-2-6-18-37)60-57(59-55)47-29-30-52(44-22-10-9-21-43(44)47)62-51-26-14-12-24-46(51)49-33-41-31-42(28-27-40(41)35-54(49)62)61-50-25-13-11-23-45(50)48-32-38-19-7-8-20-39(38)34-53(48)61/h2*1-35H. The molecule has 26 aromatic rings. The van der Waals surface area contributed by atoms with Gasteiger partial charge in [0, 0.05) is 98.3 Å². The Morgan fingerprint density at radius 2 is 0.427 bits per heavy atom. The van der Waals surface area contributed by atoms with E-state index in [1.165, 1.54) is 114 Å². The molecule has 20 aromatic carbocycles. The van der Waals surface area contributed by atoms with Crippen LogP contribution in [0.3, 0.4) is 0 Å². The van der Waals surface area contributed by atoms with E-state index < -0.39 is 0 Å². The summed E-state index contributed by atoms with van der Waals surface area (Å²) in [7, 11) is 0. The number of benzene rings is 20. The van der Waals surface area contributed by atoms with Crippen LogP contribution in [0.4, 0.5) is 0 Å². The molecule has 0 radical (unpaired) electrons. The Kier molecular flexibility index (Phi) is 16.1. The molecule has 576 valence electrons. The predicted octanol–water partition coefficient (Wildman–Crippen LogP) is 29.1. The van der Waals surface area contributed by atoms with Crippen LogP contribution in [0.15, 0.2) is 425 Å². The molecule has 0 spiro atoms. The molecular weight excluding hydrogens is 1510 g/mol. The summed E-state index contributed by atoms with van der Waals surface area (Å²) >= 11 is 0. The molecule has 0 aliphatic rings. The Morgan fingerprint density at radius 1 is 0.137 bits per heavy atom. The Hall–Kier alpha value is -16.8. The first-order valence-electron chi connectivity index (χ1n) is 42.1. The Labute approximate surface area is 711 Å². The third kappa shape index (κ3) is 11.4. The molecule has 0 N–H and O–H groups in total. The van der Waals surface area contributed by atoms with Crippen molar-refractivity contribution >= 4 is 152 Å². The van der Waals surface area contributed by atoms with E-state index in [9.17, 15) is 0 Å². The zero-order valence-electron chi connectivity index (χ0n) is 66.9. The van der Waals surface area contributed by atoms with Crippen molar-refractivity contribution < 1.29 is 0 Å². The smallest absolute Gasteiger partial charge is 0.164 e. The highest BCUT2D eigenvalue weighted by Gasteiger charge is 2.25. The third-order valence-electron chi connectivity index (χ3n) is 25.0. The Balaban J connectivity index is 0.000000136. The molecule has 124 heavy (non-hydrogen) atoms. The van der Waals surface area contributed by atoms with Gasteiger partial charge in [-0.1, -0.05) is 315 Å². The van der Waals surface area contributed by atoms with Gasteiger partial charge < -0.3 is 18.3 Å². The molecule has 0 bridgehead atoms. The van der Waals surface area contributed by atoms with Crippen molar-refractivity contribution in [3.63, 3.8) is 0 Å². The highest BCUT2D eigenvalue weighted by Crippen LogP contribution is 2.46. The summed E-state index contributed by atoms with van der Waals surface area (Å²) < 4.78 is 9.76. The normalized spacial score (nSPS) is 11.9. The van der Waals surface area contributed by atoms with Gasteiger partial charge in [0.1, 0.15) is 0 Å². The fraction of sp³-hybridized carbons (Fsp3) is 0. The highest BCUT2D eigenvalue weighted by atomic mass is 15.1. The first-order chi connectivity index (χ1) is 61.5. The average molecular weight is 1580 g/mol. The summed E-state index contributed by atoms with van der Waals surface area (Å²) in [6.07, 6.45) is 0. The molecule has 6 aromatic heterocycles. The summed E-state index contributed by atoms with van der Waals surface area (Å²) in [4.78, 5) is 30.4. The van der Waals surface area contributed by atoms with Gasteiger partial charge in [-0.3, -0.25) is 0 Å². The second-order valence-corrected chi connectivity index (χ2v) is 32.0. The van der Waals surface area contributed by atoms with E-state index in [2.05, 4.69) is 346 Å². The Morgan fingerprint density at radius 3 is 0.887 bits per heavy atom. The fourth-order valence-corrected chi connectivity index (χ4v) is 19.3. The van der Waals surface area contributed by atoms with Crippen molar-refractivity contribution in [2.45, 2.75) is 0 Å². The van der Waals surface area contributed by atoms with Crippen LogP contribution < -0.4 is 0 Å². The van der Waals surface area contributed by atoms with Gasteiger partial charge >= 0.3 is 0 Å². The minimum Gasteiger partial charge on any atom is -0.309 e. The lowest BCUT2D eigenvalue weighted by Crippen LogP contribution is -2.01. The quantitative estimate of drug-likeness (QED) is 0.135. The van der Waals surface area contributed by atoms with Crippen LogP contribution in [-0.2, 0) is 0 Å². The lowest BCUT2D eigenvalue weighted by Gasteiger charge is -2.15. The van der Waals surface area contributed by atoms with Crippen molar-refractivity contribution in [2.24, 2.45) is 0 Å². The SMILES string of the molecule is c1ccc(-c2nc(-c3ccccc3)nc(-c3ccc(-n4c5ccccc5c5cc6cc(-n7c8ccccc8c8cc9ccccc9cc87)ccc6cc54)c4ccccc34)n2)cc1.c1ccc(-c2nc(-c3ccccc3)nc(-c3cccc4c(-n5c6ccccc6c6cc7c(-n8c9ccccc9c9cc%10ccccc%10cc98)cccc7cc65)cccc34)n2)cc1. The molecule has 0 unspecified atom stereocenters. The third-order valence-corrected chi connectivity index (χ3v) is 25.0. The number of aromatic nitrogens is 10. The van der Waals surface area contributed by atoms with E-state index in [1.54, 1.807) is 0 Å². The zero-order chi connectivity index (χ0) is 81.5. The van der Waals surface area contributed by atoms with E-state index in [0.29, 0.717) is 34.9 Å². The van der Waals surface area contributed by atoms with E-state index in [4.69, 9.17) is 29.9 Å². The fourth-order valence-electron chi connectivity index (χ4n) is 19.3. The van der Waals surface area contributed by atoms with Gasteiger partial charge in [-0.25, -0.2) is 29.9 Å². The second-order valence-electron chi connectivity index (χ2n) is 32.0. The number of hydrogen-bond acceptors (Lipinski definition) is 6. The predicted molar refractivity (Wildman–Crippen MR) is 515 cm³/mol. The number of hydrogen-bond donors (Lipinski definition) is 0. The number of nitrogens with zero attached hydrogens (tertiary/aromatic N) is 10. The minimum absolute atomic E-state index is 0.638. The van der Waals surface area contributed by atoms with E-state index >= 15 is 0 Å². The van der Waals surface area contributed by atoms with Crippen LogP contribution in [0, 0.1) is 0 Å². The average Bonchev–Trinajstić information content (AvgIpc) is 1.57. The molecule has 6 heterocycles. The lowest BCUT2D eigenvalue weighted by atomic mass is 10.0. The molecule has 10 heteroatoms. The van der Waals surface area contributed by atoms with Gasteiger partial charge in [-0.15, -0.1) is 0 Å². The van der Waals surface area contributed by atoms with Crippen LogP contribution in [0.1, 0.15) is 0 Å². The molecule has 0 aliphatic carbocycles. The molecule has 0 amide bonds. The number of para-hydroxylation sites is 4. The lowest BCUT2D eigenvalue weighted by molar-refractivity contribution is 1.08. The van der Waals surface area contributed by atoms with Gasteiger partial charge in [0.05, 0.1) is 61.2 Å². The van der Waals surface area contributed by atoms with E-state index in [0.717, 1.165) is 94.1 Å². The van der Waals surface area contributed by atoms with Gasteiger partial charge in [0.2, 0.25) is 0 Å². The summed E-state index contributed by atoms with van der Waals surface area (Å²) in [6, 6.07) is 152. The summed E-state index contributed by atoms with van der Waals surface area (Å²) in [6.45, 7) is 0. The maximum Gasteiger partial charge on any atom is 0.164 e. The van der Waals surface area contributed by atoms with Gasteiger partial charge in [0.25, 0.3) is 0 Å². The highest BCUT2D eigenvalue weighted by molar-refractivity contribution is 6.21. The summed E-state index contributed by atoms with van der Waals surface area (Å²) in [5, 5.41) is 24.0. The number of fused-ring (bicyclic) bond motifs is 18. The molecule has 10 nitrogen and oxygen atoms in total. The van der Waals surface area contributed by atoms with Crippen LogP contribution in [0.5, 0.6) is 0 Å². The molecule has 0 aliphatic heterocycles. The van der Waals surface area contributed by atoms with Crippen LogP contribution >= 0.6 is 0 Å². The molecule has 0 saturated carbocycles. The van der Waals surface area contributed by atoms with E-state index in [-0.39, 0.29) is 0 Å². The zero-order valence-corrected chi connectivity index (χ0v) is 66.9. The maximum absolute atomic E-state index is 5.13. The molecule has 0 fully saturated rings. The van der Waals surface area contributed by atoms with Gasteiger partial charge in [-0.2, -0.15) is 0 Å². The van der Waals surface area contributed by atoms with Crippen LogP contribution in [0.25, 0.3) is 243 Å². The maximum atomic E-state index is 5.13. The van der Waals surface area contributed by atoms with Gasteiger partial charge in [0.15, 0.2) is 34.9 Å². The summed E-state index contributed by atoms with van der Waals surface area (Å²) in [5.74, 6) is 3.86. The van der Waals surface area contributed by atoms with Crippen LogP contribution in [0.2, 0.25) is 0 Å². The topological polar surface area (TPSA) is 97.1 Å². The largest absolute Gasteiger partial charge is 0.309 e. The van der Waals surface area contributed by atoms with Crippen molar-refractivity contribution in [2.75, 3.05) is 0 Å². The molecule has 26 rings (SSSR count). The molecule has 0 atom stereocenters. The van der Waals surface area contributed by atoms with E-state index in [1.807, 2.05) is 97.1 Å². The minimum atomic E-state index is 0.638. The van der Waals surface area contributed by atoms with Crippen LogP contribution in [-0.4, -0.2) is 48.2 Å². The first kappa shape index (κ1) is 70.2. The van der Waals surface area contributed by atoms with Crippen molar-refractivity contribution in [3.8, 4) is 91.1 Å². The Bertz CT molecular complexity index is 8760. The van der Waals surface area contributed by atoms with Crippen molar-refractivity contribution in [3.05, 3.63) is 425 Å².